The Kier molecular flexibility index (Phi) is 4.65. The first kappa shape index (κ1) is 10.9. The van der Waals surface area contributed by atoms with Crippen LogP contribution in [0, 0.1) is 0 Å². The van der Waals surface area contributed by atoms with Crippen LogP contribution in [0.4, 0.5) is 0 Å². The van der Waals surface area contributed by atoms with Gasteiger partial charge in [0.2, 0.25) is 0 Å². The fourth-order valence-corrected chi connectivity index (χ4v) is 0.693. The van der Waals surface area contributed by atoms with Gasteiger partial charge in [0, 0.05) is 12.1 Å². The second-order valence-corrected chi connectivity index (χ2v) is 3.23. The Morgan fingerprint density at radius 3 is 1.27 bits per heavy atom. The van der Waals surface area contributed by atoms with Crippen molar-refractivity contribution in [3.8, 4) is 0 Å². The minimum atomic E-state index is -0.379. The largest absolute Gasteiger partial charge is 0.392 e. The van der Waals surface area contributed by atoms with E-state index in [4.69, 9.17) is 10.2 Å². The van der Waals surface area contributed by atoms with Crippen molar-refractivity contribution in [1.29, 1.82) is 0 Å². The van der Waals surface area contributed by atoms with Gasteiger partial charge in [0.1, 0.15) is 0 Å². The van der Waals surface area contributed by atoms with Crippen molar-refractivity contribution in [2.24, 2.45) is 0 Å². The van der Waals surface area contributed by atoms with Gasteiger partial charge in [-0.1, -0.05) is 0 Å². The Balaban J connectivity index is 3.66. The van der Waals surface area contributed by atoms with Crippen LogP contribution >= 0.6 is 0 Å². The van der Waals surface area contributed by atoms with E-state index in [9.17, 15) is 0 Å². The van der Waals surface area contributed by atoms with Crippen LogP contribution in [0.2, 0.25) is 0 Å². The topological polar surface area (TPSA) is 52.5 Å². The van der Waals surface area contributed by atoms with E-state index < -0.39 is 0 Å². The van der Waals surface area contributed by atoms with Crippen molar-refractivity contribution in [2.45, 2.75) is 52.0 Å². The lowest BCUT2D eigenvalue weighted by atomic mass is 10.1. The summed E-state index contributed by atoms with van der Waals surface area (Å²) in [4.78, 5) is 0. The van der Waals surface area contributed by atoms with E-state index in [1.807, 2.05) is 13.8 Å². The van der Waals surface area contributed by atoms with Crippen LogP contribution < -0.4 is 5.32 Å². The minimum absolute atomic E-state index is 0.0274. The maximum absolute atomic E-state index is 9.11. The normalized spacial score (nSPS) is 22.4. The summed E-state index contributed by atoms with van der Waals surface area (Å²) in [6.45, 7) is 7.24. The number of rotatable bonds is 4. The molecule has 0 heterocycles. The summed E-state index contributed by atoms with van der Waals surface area (Å²) in [6, 6.07) is 0.0548. The number of aliphatic hydroxyl groups is 2. The number of aliphatic hydroxyl groups excluding tert-OH is 2. The molecule has 0 radical (unpaired) electrons. The van der Waals surface area contributed by atoms with Crippen molar-refractivity contribution in [2.75, 3.05) is 0 Å². The van der Waals surface area contributed by atoms with E-state index in [2.05, 4.69) is 5.32 Å². The van der Waals surface area contributed by atoms with Crippen LogP contribution in [-0.4, -0.2) is 34.5 Å². The molecule has 0 bridgehead atoms. The fraction of sp³-hybridized carbons (Fsp3) is 1.00. The zero-order valence-electron chi connectivity index (χ0n) is 7.70. The standard InChI is InChI=1S/C8H19NO2/c1-5(7(3)10)9-6(2)8(4)11/h5-11H,1-4H3/t5-,6+,7+,8-. The Bertz CT molecular complexity index is 92.3. The Morgan fingerprint density at radius 1 is 0.818 bits per heavy atom. The van der Waals surface area contributed by atoms with Crippen LogP contribution in [0.3, 0.4) is 0 Å². The van der Waals surface area contributed by atoms with Gasteiger partial charge >= 0.3 is 0 Å². The Morgan fingerprint density at radius 2 is 1.09 bits per heavy atom. The maximum Gasteiger partial charge on any atom is 0.0662 e. The molecule has 0 aliphatic heterocycles. The molecule has 0 unspecified atom stereocenters. The summed E-state index contributed by atoms with van der Waals surface area (Å²) in [7, 11) is 0. The van der Waals surface area contributed by atoms with Gasteiger partial charge in [0.05, 0.1) is 12.2 Å². The van der Waals surface area contributed by atoms with Crippen molar-refractivity contribution >= 4 is 0 Å². The van der Waals surface area contributed by atoms with Gasteiger partial charge in [0.25, 0.3) is 0 Å². The molecule has 0 aromatic carbocycles. The summed E-state index contributed by atoms with van der Waals surface area (Å²) >= 11 is 0. The van der Waals surface area contributed by atoms with Gasteiger partial charge in [-0.25, -0.2) is 0 Å². The fourth-order valence-electron chi connectivity index (χ4n) is 0.693. The number of hydrogen-bond acceptors (Lipinski definition) is 3. The predicted octanol–water partition coefficient (Wildman–Crippen LogP) is 0.115. The van der Waals surface area contributed by atoms with Gasteiger partial charge in [-0.05, 0) is 27.7 Å². The highest BCUT2D eigenvalue weighted by atomic mass is 16.3. The Hall–Kier alpha value is -0.120. The molecule has 0 spiro atoms. The minimum Gasteiger partial charge on any atom is -0.392 e. The molecule has 0 aromatic rings. The maximum atomic E-state index is 9.11. The predicted molar refractivity (Wildman–Crippen MR) is 45.4 cm³/mol. The first-order chi connectivity index (χ1) is 4.95. The van der Waals surface area contributed by atoms with E-state index in [-0.39, 0.29) is 24.3 Å². The molecule has 3 heteroatoms. The highest BCUT2D eigenvalue weighted by Crippen LogP contribution is 1.96. The van der Waals surface area contributed by atoms with Crippen LogP contribution in [-0.2, 0) is 0 Å². The lowest BCUT2D eigenvalue weighted by Gasteiger charge is -2.23. The number of hydrogen-bond donors (Lipinski definition) is 3. The molecule has 68 valence electrons. The molecule has 11 heavy (non-hydrogen) atoms. The summed E-state index contributed by atoms with van der Waals surface area (Å²) < 4.78 is 0. The average Bonchev–Trinajstić information content (AvgIpc) is 1.87. The van der Waals surface area contributed by atoms with Crippen LogP contribution in [0.15, 0.2) is 0 Å². The van der Waals surface area contributed by atoms with Gasteiger partial charge in [0.15, 0.2) is 0 Å². The molecule has 0 amide bonds. The van der Waals surface area contributed by atoms with E-state index in [1.165, 1.54) is 0 Å². The molecular weight excluding hydrogens is 142 g/mol. The molecule has 0 saturated carbocycles. The van der Waals surface area contributed by atoms with Gasteiger partial charge in [-0.3, -0.25) is 0 Å². The molecule has 0 aromatic heterocycles. The lowest BCUT2D eigenvalue weighted by Crippen LogP contribution is -2.45. The first-order valence-electron chi connectivity index (χ1n) is 4.07. The molecule has 0 aliphatic rings. The zero-order chi connectivity index (χ0) is 9.02. The van der Waals surface area contributed by atoms with Gasteiger partial charge < -0.3 is 15.5 Å². The third kappa shape index (κ3) is 4.35. The van der Waals surface area contributed by atoms with Crippen molar-refractivity contribution in [1.82, 2.24) is 5.32 Å². The Labute approximate surface area is 68.4 Å². The van der Waals surface area contributed by atoms with Gasteiger partial charge in [-0.2, -0.15) is 0 Å². The van der Waals surface area contributed by atoms with Gasteiger partial charge in [-0.15, -0.1) is 0 Å². The van der Waals surface area contributed by atoms with Crippen LogP contribution in [0.5, 0.6) is 0 Å². The summed E-state index contributed by atoms with van der Waals surface area (Å²) in [5.74, 6) is 0. The smallest absolute Gasteiger partial charge is 0.0662 e. The zero-order valence-corrected chi connectivity index (χ0v) is 7.70. The summed E-state index contributed by atoms with van der Waals surface area (Å²) in [5, 5.41) is 21.3. The quantitative estimate of drug-likeness (QED) is 0.548. The van der Waals surface area contributed by atoms with Crippen molar-refractivity contribution in [3.63, 3.8) is 0 Å². The van der Waals surface area contributed by atoms with E-state index >= 15 is 0 Å². The van der Waals surface area contributed by atoms with E-state index in [1.54, 1.807) is 13.8 Å². The van der Waals surface area contributed by atoms with Crippen LogP contribution in [0.1, 0.15) is 27.7 Å². The third-order valence-electron chi connectivity index (χ3n) is 1.97. The molecule has 3 nitrogen and oxygen atoms in total. The molecule has 0 aliphatic carbocycles. The SMILES string of the molecule is C[C@H](O)[C@@H](C)N[C@@H](C)[C@@H](C)O. The third-order valence-corrected chi connectivity index (χ3v) is 1.97. The van der Waals surface area contributed by atoms with E-state index in [0.29, 0.717) is 0 Å². The highest BCUT2D eigenvalue weighted by molar-refractivity contribution is 4.74. The highest BCUT2D eigenvalue weighted by Gasteiger charge is 2.14. The van der Waals surface area contributed by atoms with Crippen LogP contribution in [0.25, 0.3) is 0 Å². The van der Waals surface area contributed by atoms with Crippen molar-refractivity contribution < 1.29 is 10.2 Å². The van der Waals surface area contributed by atoms with E-state index in [0.717, 1.165) is 0 Å². The molecule has 0 fully saturated rings. The summed E-state index contributed by atoms with van der Waals surface area (Å²) in [6.07, 6.45) is -0.757. The second kappa shape index (κ2) is 4.70. The lowest BCUT2D eigenvalue weighted by molar-refractivity contribution is 0.109. The number of nitrogens with one attached hydrogen (secondary N) is 1. The average molecular weight is 161 g/mol. The molecule has 4 atom stereocenters. The molecule has 0 saturated heterocycles. The molecule has 3 N–H and O–H groups in total. The first-order valence-corrected chi connectivity index (χ1v) is 4.07. The monoisotopic (exact) mass is 161 g/mol. The molecular formula is C8H19NO2. The second-order valence-electron chi connectivity index (χ2n) is 3.23. The van der Waals surface area contributed by atoms with Crippen molar-refractivity contribution in [3.05, 3.63) is 0 Å². The molecule has 0 rings (SSSR count). The summed E-state index contributed by atoms with van der Waals surface area (Å²) in [5.41, 5.74) is 0.